The molecule has 14 heavy (non-hydrogen) atoms. The first-order valence-electron chi connectivity index (χ1n) is 3.88. The van der Waals surface area contributed by atoms with Gasteiger partial charge in [0.2, 0.25) is 0 Å². The highest BCUT2D eigenvalue weighted by molar-refractivity contribution is 5.78. The lowest BCUT2D eigenvalue weighted by Crippen LogP contribution is -1.93. The molecule has 0 spiro atoms. The van der Waals surface area contributed by atoms with E-state index in [1.807, 2.05) is 12.1 Å². The van der Waals surface area contributed by atoms with E-state index >= 15 is 0 Å². The molecule has 0 unspecified atom stereocenters. The molecule has 2 aromatic rings. The summed E-state index contributed by atoms with van der Waals surface area (Å²) in [6.45, 7) is 0. The second kappa shape index (κ2) is 3.20. The maximum atomic E-state index is 8.25. The first kappa shape index (κ1) is 8.28. The van der Waals surface area contributed by atoms with E-state index in [0.29, 0.717) is 11.0 Å². The molecule has 6 nitrogen and oxygen atoms in total. The van der Waals surface area contributed by atoms with E-state index < -0.39 is 0 Å². The van der Waals surface area contributed by atoms with Gasteiger partial charge in [0.1, 0.15) is 0 Å². The number of para-hydroxylation sites is 2. The molecule has 0 aliphatic carbocycles. The topological polar surface area (TPSA) is 101 Å². The zero-order chi connectivity index (χ0) is 9.97. The monoisotopic (exact) mass is 186 g/mol. The van der Waals surface area contributed by atoms with E-state index in [1.165, 1.54) is 0 Å². The van der Waals surface area contributed by atoms with Crippen molar-refractivity contribution in [1.82, 2.24) is 9.97 Å². The molecule has 0 amide bonds. The number of aromatic nitrogens is 2. The van der Waals surface area contributed by atoms with Crippen LogP contribution < -0.4 is 5.73 Å². The quantitative estimate of drug-likeness (QED) is 0.419. The van der Waals surface area contributed by atoms with Crippen molar-refractivity contribution in [3.8, 4) is 0 Å². The Bertz CT molecular complexity index is 528. The van der Waals surface area contributed by atoms with E-state index in [9.17, 15) is 0 Å². The van der Waals surface area contributed by atoms with Gasteiger partial charge in [0.15, 0.2) is 11.6 Å². The van der Waals surface area contributed by atoms with Crippen LogP contribution >= 0.6 is 0 Å². The average Bonchev–Trinajstić information content (AvgIpc) is 2.19. The van der Waals surface area contributed by atoms with Crippen molar-refractivity contribution < 1.29 is 0 Å². The minimum absolute atomic E-state index is 0.117. The molecule has 0 radical (unpaired) electrons. The Morgan fingerprint density at radius 2 is 1.86 bits per heavy atom. The van der Waals surface area contributed by atoms with Crippen molar-refractivity contribution in [3.63, 3.8) is 0 Å². The Balaban J connectivity index is 2.76. The van der Waals surface area contributed by atoms with Gasteiger partial charge < -0.3 is 5.73 Å². The standard InChI is InChI=1S/C8H6N6/c9-7-8(13-14-10)12-6-4-2-1-3-5(6)11-7/h1-4H,(H2,9,11). The smallest absolute Gasteiger partial charge is 0.169 e. The summed E-state index contributed by atoms with van der Waals surface area (Å²) in [4.78, 5) is 10.7. The minimum Gasteiger partial charge on any atom is -0.382 e. The third kappa shape index (κ3) is 1.30. The molecule has 0 fully saturated rings. The van der Waals surface area contributed by atoms with Crippen LogP contribution in [-0.2, 0) is 0 Å². The van der Waals surface area contributed by atoms with Crippen molar-refractivity contribution in [3.05, 3.63) is 34.7 Å². The first-order valence-corrected chi connectivity index (χ1v) is 3.88. The molecule has 2 N–H and O–H groups in total. The molecule has 68 valence electrons. The van der Waals surface area contributed by atoms with Crippen molar-refractivity contribution >= 4 is 22.7 Å². The molecule has 0 saturated heterocycles. The fourth-order valence-corrected chi connectivity index (χ4v) is 1.12. The number of azide groups is 1. The van der Waals surface area contributed by atoms with E-state index in [-0.39, 0.29) is 11.6 Å². The molecule has 1 aromatic heterocycles. The SMILES string of the molecule is [N-]=[N+]=Nc1nc2ccccc2nc1N. The van der Waals surface area contributed by atoms with Gasteiger partial charge in [0, 0.05) is 4.91 Å². The number of fused-ring (bicyclic) bond motifs is 1. The highest BCUT2D eigenvalue weighted by atomic mass is 15.2. The van der Waals surface area contributed by atoms with Crippen LogP contribution in [0.3, 0.4) is 0 Å². The summed E-state index contributed by atoms with van der Waals surface area (Å²) >= 11 is 0. The van der Waals surface area contributed by atoms with Crippen LogP contribution in [0.4, 0.5) is 11.6 Å². The molecular formula is C8H6N6. The number of rotatable bonds is 1. The number of nitrogen functional groups attached to an aromatic ring is 1. The predicted octanol–water partition coefficient (Wildman–Crippen LogP) is 2.15. The lowest BCUT2D eigenvalue weighted by atomic mass is 10.3. The summed E-state index contributed by atoms with van der Waals surface area (Å²) in [6, 6.07) is 7.23. The van der Waals surface area contributed by atoms with Gasteiger partial charge in [-0.25, -0.2) is 9.97 Å². The van der Waals surface area contributed by atoms with Gasteiger partial charge in [-0.3, -0.25) is 0 Å². The van der Waals surface area contributed by atoms with Crippen LogP contribution in [0.5, 0.6) is 0 Å². The second-order valence-corrected chi connectivity index (χ2v) is 2.61. The van der Waals surface area contributed by atoms with Gasteiger partial charge in [-0.1, -0.05) is 12.1 Å². The largest absolute Gasteiger partial charge is 0.382 e. The molecule has 0 bridgehead atoms. The first-order chi connectivity index (χ1) is 6.81. The third-order valence-corrected chi connectivity index (χ3v) is 1.72. The Morgan fingerprint density at radius 1 is 1.21 bits per heavy atom. The van der Waals surface area contributed by atoms with Crippen molar-refractivity contribution in [1.29, 1.82) is 0 Å². The maximum Gasteiger partial charge on any atom is 0.169 e. The highest BCUT2D eigenvalue weighted by Crippen LogP contribution is 2.20. The summed E-state index contributed by atoms with van der Waals surface area (Å²) < 4.78 is 0. The number of benzene rings is 1. The minimum atomic E-state index is 0.117. The average molecular weight is 186 g/mol. The van der Waals surface area contributed by atoms with Gasteiger partial charge in [0.25, 0.3) is 0 Å². The van der Waals surface area contributed by atoms with Gasteiger partial charge in [0.05, 0.1) is 11.0 Å². The second-order valence-electron chi connectivity index (χ2n) is 2.61. The zero-order valence-corrected chi connectivity index (χ0v) is 7.12. The Labute approximate surface area is 79.0 Å². The molecule has 0 saturated carbocycles. The number of nitrogens with zero attached hydrogens (tertiary/aromatic N) is 5. The number of nitrogens with two attached hydrogens (primary N) is 1. The van der Waals surface area contributed by atoms with Crippen LogP contribution in [0, 0.1) is 0 Å². The van der Waals surface area contributed by atoms with Crippen LogP contribution in [0.15, 0.2) is 29.4 Å². The Kier molecular flexibility index (Phi) is 1.89. The van der Waals surface area contributed by atoms with Crippen LogP contribution in [0.25, 0.3) is 21.5 Å². The zero-order valence-electron chi connectivity index (χ0n) is 7.12. The molecule has 2 rings (SSSR count). The number of anilines is 1. The van der Waals surface area contributed by atoms with E-state index in [0.717, 1.165) is 0 Å². The van der Waals surface area contributed by atoms with E-state index in [1.54, 1.807) is 12.1 Å². The van der Waals surface area contributed by atoms with Gasteiger partial charge in [-0.15, -0.1) is 0 Å². The fraction of sp³-hybridized carbons (Fsp3) is 0. The Hall–Kier alpha value is -2.33. The number of hydrogen-bond acceptors (Lipinski definition) is 4. The maximum absolute atomic E-state index is 8.25. The molecule has 1 aromatic carbocycles. The van der Waals surface area contributed by atoms with Gasteiger partial charge in [-0.2, -0.15) is 0 Å². The lowest BCUT2D eigenvalue weighted by Gasteiger charge is -2.00. The normalized spacial score (nSPS) is 9.71. The van der Waals surface area contributed by atoms with Crippen molar-refractivity contribution in [2.75, 3.05) is 5.73 Å². The lowest BCUT2D eigenvalue weighted by molar-refractivity contribution is 1.25. The highest BCUT2D eigenvalue weighted by Gasteiger charge is 2.02. The van der Waals surface area contributed by atoms with Crippen molar-refractivity contribution in [2.24, 2.45) is 5.11 Å². The molecule has 0 atom stereocenters. The summed E-state index contributed by atoms with van der Waals surface area (Å²) in [5, 5.41) is 3.34. The Morgan fingerprint density at radius 3 is 2.50 bits per heavy atom. The number of hydrogen-bond donors (Lipinski definition) is 1. The van der Waals surface area contributed by atoms with Gasteiger partial charge in [-0.05, 0) is 22.8 Å². The molecule has 6 heteroatoms. The summed E-state index contributed by atoms with van der Waals surface area (Å²) in [6.07, 6.45) is 0. The molecular weight excluding hydrogens is 180 g/mol. The van der Waals surface area contributed by atoms with E-state index in [2.05, 4.69) is 20.0 Å². The van der Waals surface area contributed by atoms with Crippen LogP contribution in [-0.4, -0.2) is 9.97 Å². The van der Waals surface area contributed by atoms with E-state index in [4.69, 9.17) is 11.3 Å². The fourth-order valence-electron chi connectivity index (χ4n) is 1.12. The predicted molar refractivity (Wildman–Crippen MR) is 52.8 cm³/mol. The van der Waals surface area contributed by atoms with Gasteiger partial charge >= 0.3 is 0 Å². The molecule has 1 heterocycles. The third-order valence-electron chi connectivity index (χ3n) is 1.72. The van der Waals surface area contributed by atoms with Crippen LogP contribution in [0.2, 0.25) is 0 Å². The molecule has 0 aliphatic heterocycles. The summed E-state index contributed by atoms with van der Waals surface area (Å²) in [5.74, 6) is 0.257. The van der Waals surface area contributed by atoms with Crippen molar-refractivity contribution in [2.45, 2.75) is 0 Å². The summed E-state index contributed by atoms with van der Waals surface area (Å²) in [5.41, 5.74) is 15.1. The summed E-state index contributed by atoms with van der Waals surface area (Å²) in [7, 11) is 0. The van der Waals surface area contributed by atoms with Crippen LogP contribution in [0.1, 0.15) is 0 Å². The molecule has 0 aliphatic rings.